The van der Waals surface area contributed by atoms with Crippen LogP contribution in [-0.2, 0) is 28.9 Å². The Bertz CT molecular complexity index is 1130. The highest BCUT2D eigenvalue weighted by Crippen LogP contribution is 2.38. The summed E-state index contributed by atoms with van der Waals surface area (Å²) in [6, 6.07) is 5.55. The Morgan fingerprint density at radius 2 is 2.03 bits per heavy atom. The number of carbonyl (C=O) groups is 3. The number of H-pyrrole nitrogens is 1. The average molecular weight is 431 g/mol. The highest BCUT2D eigenvalue weighted by atomic mass is 35.5. The molecule has 0 fully saturated rings. The molecule has 1 aliphatic rings. The van der Waals surface area contributed by atoms with E-state index < -0.39 is 17.7 Å². The van der Waals surface area contributed by atoms with Gasteiger partial charge < -0.3 is 21.4 Å². The van der Waals surface area contributed by atoms with E-state index in [1.165, 1.54) is 11.3 Å². The van der Waals surface area contributed by atoms with Crippen molar-refractivity contribution in [1.29, 1.82) is 0 Å². The second-order valence-corrected chi connectivity index (χ2v) is 8.43. The van der Waals surface area contributed by atoms with Crippen LogP contribution in [0.4, 0.5) is 5.00 Å². The van der Waals surface area contributed by atoms with Gasteiger partial charge in [0.15, 0.2) is 0 Å². The number of hydrogen-bond donors (Lipinski definition) is 4. The van der Waals surface area contributed by atoms with Crippen molar-refractivity contribution in [2.45, 2.75) is 25.7 Å². The third-order valence-electron chi connectivity index (χ3n) is 5.01. The fourth-order valence-corrected chi connectivity index (χ4v) is 5.12. The number of amides is 3. The van der Waals surface area contributed by atoms with Crippen molar-refractivity contribution in [2.75, 3.05) is 11.9 Å². The Morgan fingerprint density at radius 1 is 1.21 bits per heavy atom. The van der Waals surface area contributed by atoms with E-state index in [1.54, 1.807) is 6.07 Å². The topological polar surface area (TPSA) is 117 Å². The third-order valence-corrected chi connectivity index (χ3v) is 6.45. The summed E-state index contributed by atoms with van der Waals surface area (Å²) < 4.78 is 0. The molecule has 0 saturated heterocycles. The molecule has 4 rings (SSSR count). The second kappa shape index (κ2) is 7.88. The number of anilines is 1. The zero-order chi connectivity index (χ0) is 20.5. The van der Waals surface area contributed by atoms with Gasteiger partial charge in [0.25, 0.3) is 5.91 Å². The number of aryl methyl sites for hydroxylation is 1. The van der Waals surface area contributed by atoms with Crippen molar-refractivity contribution in [3.63, 3.8) is 0 Å². The maximum Gasteiger partial charge on any atom is 0.314 e. The van der Waals surface area contributed by atoms with Crippen LogP contribution in [0.25, 0.3) is 10.9 Å². The summed E-state index contributed by atoms with van der Waals surface area (Å²) in [6.45, 7) is 0.287. The normalized spacial score (nSPS) is 12.7. The highest BCUT2D eigenvalue weighted by molar-refractivity contribution is 7.17. The predicted molar refractivity (Wildman–Crippen MR) is 114 cm³/mol. The van der Waals surface area contributed by atoms with E-state index in [4.69, 9.17) is 17.3 Å². The summed E-state index contributed by atoms with van der Waals surface area (Å²) in [7, 11) is 0. The smallest absolute Gasteiger partial charge is 0.314 e. The van der Waals surface area contributed by atoms with E-state index in [1.807, 2.05) is 18.3 Å². The second-order valence-electron chi connectivity index (χ2n) is 6.89. The standard InChI is InChI=1S/C20H19ClN4O3S/c21-11-4-5-14-13(8-11)10(9-24-14)6-7-23-18(27)19(28)25-20-16(17(22)26)12-2-1-3-15(12)29-20/h4-5,8-9,24H,1-3,6-7H2,(H2,22,26)(H,23,27)(H,25,28). The first kappa shape index (κ1) is 19.5. The number of rotatable bonds is 5. The molecule has 0 bridgehead atoms. The van der Waals surface area contributed by atoms with Gasteiger partial charge in [0.05, 0.1) is 5.56 Å². The zero-order valence-corrected chi connectivity index (χ0v) is 17.0. The predicted octanol–water partition coefficient (Wildman–Crippen LogP) is 2.77. The molecule has 29 heavy (non-hydrogen) atoms. The van der Waals surface area contributed by atoms with Crippen LogP contribution in [0.1, 0.15) is 32.8 Å². The summed E-state index contributed by atoms with van der Waals surface area (Å²) in [4.78, 5) is 40.5. The van der Waals surface area contributed by atoms with Crippen molar-refractivity contribution < 1.29 is 14.4 Å². The lowest BCUT2D eigenvalue weighted by Crippen LogP contribution is -2.36. The molecule has 9 heteroatoms. The molecule has 2 heterocycles. The number of fused-ring (bicyclic) bond motifs is 2. The van der Waals surface area contributed by atoms with Crippen LogP contribution in [0, 0.1) is 0 Å². The summed E-state index contributed by atoms with van der Waals surface area (Å²) in [5.74, 6) is -2.15. The Kier molecular flexibility index (Phi) is 5.29. The lowest BCUT2D eigenvalue weighted by Gasteiger charge is -2.07. The minimum absolute atomic E-state index is 0.287. The lowest BCUT2D eigenvalue weighted by atomic mass is 10.1. The molecule has 0 saturated carbocycles. The number of halogens is 1. The number of hydrogen-bond acceptors (Lipinski definition) is 4. The number of carbonyl (C=O) groups excluding carboxylic acids is 3. The van der Waals surface area contributed by atoms with Gasteiger partial charge >= 0.3 is 11.8 Å². The first-order valence-corrected chi connectivity index (χ1v) is 10.4. The van der Waals surface area contributed by atoms with Gasteiger partial charge in [-0.05, 0) is 55.0 Å². The molecule has 150 valence electrons. The molecule has 2 aromatic heterocycles. The highest BCUT2D eigenvalue weighted by Gasteiger charge is 2.27. The number of nitrogens with one attached hydrogen (secondary N) is 3. The van der Waals surface area contributed by atoms with Gasteiger partial charge in [0.2, 0.25) is 0 Å². The minimum Gasteiger partial charge on any atom is -0.365 e. The number of aromatic nitrogens is 1. The molecule has 0 radical (unpaired) electrons. The number of nitrogens with two attached hydrogens (primary N) is 1. The molecule has 3 amide bonds. The lowest BCUT2D eigenvalue weighted by molar-refractivity contribution is -0.136. The van der Waals surface area contributed by atoms with E-state index >= 15 is 0 Å². The number of aromatic amines is 1. The van der Waals surface area contributed by atoms with Crippen LogP contribution in [0.3, 0.4) is 0 Å². The van der Waals surface area contributed by atoms with E-state index in [-0.39, 0.29) is 6.54 Å². The third kappa shape index (κ3) is 3.86. The van der Waals surface area contributed by atoms with E-state index in [9.17, 15) is 14.4 Å². The fourth-order valence-electron chi connectivity index (χ4n) is 3.66. The molecule has 0 atom stereocenters. The molecule has 0 spiro atoms. The van der Waals surface area contributed by atoms with E-state index in [2.05, 4.69) is 15.6 Å². The molecule has 0 unspecified atom stereocenters. The van der Waals surface area contributed by atoms with Crippen molar-refractivity contribution in [3.05, 3.63) is 51.0 Å². The molecular formula is C20H19ClN4O3S. The maximum absolute atomic E-state index is 12.3. The van der Waals surface area contributed by atoms with Gasteiger partial charge in [-0.1, -0.05) is 11.6 Å². The van der Waals surface area contributed by atoms with E-state index in [0.29, 0.717) is 22.0 Å². The van der Waals surface area contributed by atoms with Crippen molar-refractivity contribution in [2.24, 2.45) is 5.73 Å². The minimum atomic E-state index is -0.811. The zero-order valence-electron chi connectivity index (χ0n) is 15.4. The van der Waals surface area contributed by atoms with Crippen LogP contribution < -0.4 is 16.4 Å². The molecular weight excluding hydrogens is 412 g/mol. The summed E-state index contributed by atoms with van der Waals surface area (Å²) in [5, 5.41) is 7.13. The Labute approximate surface area is 175 Å². The molecule has 1 aliphatic carbocycles. The fraction of sp³-hybridized carbons (Fsp3) is 0.250. The van der Waals surface area contributed by atoms with E-state index in [0.717, 1.165) is 46.2 Å². The van der Waals surface area contributed by atoms with Gasteiger partial charge in [-0.2, -0.15) is 0 Å². The summed E-state index contributed by atoms with van der Waals surface area (Å²) in [5.41, 5.74) is 8.66. The largest absolute Gasteiger partial charge is 0.365 e. The van der Waals surface area contributed by atoms with Gasteiger partial charge in [-0.15, -0.1) is 11.3 Å². The SMILES string of the molecule is NC(=O)c1c(NC(=O)C(=O)NCCc2c[nH]c3ccc(Cl)cc23)sc2c1CCC2. The maximum atomic E-state index is 12.3. The molecule has 0 aliphatic heterocycles. The van der Waals surface area contributed by atoms with Crippen LogP contribution in [-0.4, -0.2) is 29.3 Å². The summed E-state index contributed by atoms with van der Waals surface area (Å²) in [6.07, 6.45) is 4.99. The van der Waals surface area contributed by atoms with Crippen LogP contribution in [0.2, 0.25) is 5.02 Å². The van der Waals surface area contributed by atoms with Crippen molar-refractivity contribution in [1.82, 2.24) is 10.3 Å². The monoisotopic (exact) mass is 430 g/mol. The molecule has 3 aromatic rings. The Morgan fingerprint density at radius 3 is 2.83 bits per heavy atom. The van der Waals surface area contributed by atoms with Crippen LogP contribution in [0.15, 0.2) is 24.4 Å². The first-order valence-electron chi connectivity index (χ1n) is 9.23. The van der Waals surface area contributed by atoms with Gasteiger partial charge in [0, 0.05) is 33.5 Å². The summed E-state index contributed by atoms with van der Waals surface area (Å²) >= 11 is 7.36. The van der Waals surface area contributed by atoms with Crippen LogP contribution >= 0.6 is 22.9 Å². The molecule has 7 nitrogen and oxygen atoms in total. The first-order chi connectivity index (χ1) is 13.9. The van der Waals surface area contributed by atoms with Gasteiger partial charge in [0.1, 0.15) is 5.00 Å². The number of benzene rings is 1. The molecule has 5 N–H and O–H groups in total. The van der Waals surface area contributed by atoms with Gasteiger partial charge in [-0.25, -0.2) is 0 Å². The average Bonchev–Trinajstić information content (AvgIpc) is 3.35. The number of thiophene rings is 1. The van der Waals surface area contributed by atoms with Crippen LogP contribution in [0.5, 0.6) is 0 Å². The Balaban J connectivity index is 1.37. The number of primary amides is 1. The van der Waals surface area contributed by atoms with Gasteiger partial charge in [-0.3, -0.25) is 14.4 Å². The quantitative estimate of drug-likeness (QED) is 0.466. The Hall–Kier alpha value is -2.84. The molecule has 1 aromatic carbocycles. The van der Waals surface area contributed by atoms with Crippen molar-refractivity contribution >= 4 is 56.6 Å². The van der Waals surface area contributed by atoms with Crippen molar-refractivity contribution in [3.8, 4) is 0 Å².